The molecule has 1 amide bonds. The molecule has 0 saturated carbocycles. The SMILES string of the molecule is COc1cc(CNC(=O)CSc2nnnn2-c2ccccc2)ccc1OCc1ccccc1. The van der Waals surface area contributed by atoms with Crippen molar-refractivity contribution in [3.05, 3.63) is 90.0 Å². The molecule has 1 heterocycles. The van der Waals surface area contributed by atoms with Crippen molar-refractivity contribution in [3.8, 4) is 17.2 Å². The summed E-state index contributed by atoms with van der Waals surface area (Å²) >= 11 is 1.28. The molecular weight excluding hydrogens is 438 g/mol. The van der Waals surface area contributed by atoms with Gasteiger partial charge in [-0.2, -0.15) is 4.68 Å². The minimum absolute atomic E-state index is 0.119. The average molecular weight is 462 g/mol. The summed E-state index contributed by atoms with van der Waals surface area (Å²) in [5, 5.41) is 15.2. The number of hydrogen-bond donors (Lipinski definition) is 1. The third-order valence-electron chi connectivity index (χ3n) is 4.73. The van der Waals surface area contributed by atoms with E-state index in [1.165, 1.54) is 11.8 Å². The molecule has 4 aromatic rings. The Morgan fingerprint density at radius 1 is 0.970 bits per heavy atom. The summed E-state index contributed by atoms with van der Waals surface area (Å²) < 4.78 is 13.0. The maximum Gasteiger partial charge on any atom is 0.230 e. The molecule has 3 aromatic carbocycles. The second-order valence-corrected chi connectivity index (χ2v) is 7.98. The van der Waals surface area contributed by atoms with Gasteiger partial charge in [0, 0.05) is 6.54 Å². The van der Waals surface area contributed by atoms with Crippen LogP contribution in [0.5, 0.6) is 11.5 Å². The van der Waals surface area contributed by atoms with Gasteiger partial charge in [0.1, 0.15) is 6.61 Å². The van der Waals surface area contributed by atoms with Gasteiger partial charge in [0.15, 0.2) is 11.5 Å². The van der Waals surface area contributed by atoms with Crippen LogP contribution in [0.4, 0.5) is 0 Å². The molecule has 0 radical (unpaired) electrons. The first-order chi connectivity index (χ1) is 16.2. The molecule has 4 rings (SSSR count). The highest BCUT2D eigenvalue weighted by Gasteiger charge is 2.12. The number of carbonyl (C=O) groups is 1. The fourth-order valence-electron chi connectivity index (χ4n) is 3.06. The summed E-state index contributed by atoms with van der Waals surface area (Å²) in [5.41, 5.74) is 2.82. The molecular formula is C24H23N5O3S. The van der Waals surface area contributed by atoms with Crippen molar-refractivity contribution in [2.45, 2.75) is 18.3 Å². The number of rotatable bonds is 10. The normalized spacial score (nSPS) is 10.6. The number of ether oxygens (including phenoxy) is 2. The number of para-hydroxylation sites is 1. The number of amides is 1. The van der Waals surface area contributed by atoms with Crippen molar-refractivity contribution in [2.24, 2.45) is 0 Å². The molecule has 0 aliphatic rings. The van der Waals surface area contributed by atoms with Gasteiger partial charge in [-0.25, -0.2) is 0 Å². The number of thioether (sulfide) groups is 1. The lowest BCUT2D eigenvalue weighted by Crippen LogP contribution is -2.24. The first-order valence-electron chi connectivity index (χ1n) is 10.3. The summed E-state index contributed by atoms with van der Waals surface area (Å²) in [6.45, 7) is 0.825. The number of benzene rings is 3. The summed E-state index contributed by atoms with van der Waals surface area (Å²) in [6.07, 6.45) is 0. The number of methoxy groups -OCH3 is 1. The van der Waals surface area contributed by atoms with E-state index in [1.807, 2.05) is 78.9 Å². The molecule has 1 N–H and O–H groups in total. The van der Waals surface area contributed by atoms with Gasteiger partial charge in [-0.1, -0.05) is 66.4 Å². The molecule has 0 atom stereocenters. The Labute approximate surface area is 195 Å². The molecule has 8 nitrogen and oxygen atoms in total. The van der Waals surface area contributed by atoms with Crippen LogP contribution in [0.25, 0.3) is 5.69 Å². The summed E-state index contributed by atoms with van der Waals surface area (Å²) in [7, 11) is 1.60. The molecule has 9 heteroatoms. The van der Waals surface area contributed by atoms with Crippen molar-refractivity contribution in [3.63, 3.8) is 0 Å². The Bertz CT molecular complexity index is 1190. The van der Waals surface area contributed by atoms with Crippen LogP contribution < -0.4 is 14.8 Å². The fraction of sp³-hybridized carbons (Fsp3) is 0.167. The highest BCUT2D eigenvalue weighted by atomic mass is 32.2. The third-order valence-corrected chi connectivity index (χ3v) is 5.65. The first-order valence-corrected chi connectivity index (χ1v) is 11.3. The zero-order valence-corrected chi connectivity index (χ0v) is 18.9. The van der Waals surface area contributed by atoms with Gasteiger partial charge in [0.05, 0.1) is 18.6 Å². The summed E-state index contributed by atoms with van der Waals surface area (Å²) in [5.74, 6) is 1.35. The van der Waals surface area contributed by atoms with Gasteiger partial charge in [-0.3, -0.25) is 4.79 Å². The van der Waals surface area contributed by atoms with E-state index < -0.39 is 0 Å². The average Bonchev–Trinajstić information content (AvgIpc) is 3.35. The molecule has 168 valence electrons. The minimum Gasteiger partial charge on any atom is -0.493 e. The van der Waals surface area contributed by atoms with Crippen molar-refractivity contribution < 1.29 is 14.3 Å². The third kappa shape index (κ3) is 6.11. The lowest BCUT2D eigenvalue weighted by molar-refractivity contribution is -0.118. The van der Waals surface area contributed by atoms with Crippen LogP contribution in [0.3, 0.4) is 0 Å². The van der Waals surface area contributed by atoms with Gasteiger partial charge in [-0.05, 0) is 45.8 Å². The molecule has 0 saturated heterocycles. The molecule has 0 bridgehead atoms. The van der Waals surface area contributed by atoms with Crippen LogP contribution in [-0.4, -0.2) is 39.0 Å². The molecule has 0 aliphatic heterocycles. The predicted octanol–water partition coefficient (Wildman–Crippen LogP) is 3.66. The molecule has 0 spiro atoms. The predicted molar refractivity (Wildman–Crippen MR) is 125 cm³/mol. The van der Waals surface area contributed by atoms with Gasteiger partial charge in [0.2, 0.25) is 11.1 Å². The highest BCUT2D eigenvalue weighted by Crippen LogP contribution is 2.29. The number of nitrogens with one attached hydrogen (secondary N) is 1. The van der Waals surface area contributed by atoms with E-state index in [0.717, 1.165) is 16.8 Å². The number of aromatic nitrogens is 4. The fourth-order valence-corrected chi connectivity index (χ4v) is 3.78. The Kier molecular flexibility index (Phi) is 7.55. The number of tetrazole rings is 1. The number of hydrogen-bond acceptors (Lipinski definition) is 7. The minimum atomic E-state index is -0.119. The van der Waals surface area contributed by atoms with Crippen LogP contribution in [0.2, 0.25) is 0 Å². The Balaban J connectivity index is 1.29. The van der Waals surface area contributed by atoms with Crippen molar-refractivity contribution >= 4 is 17.7 Å². The lowest BCUT2D eigenvalue weighted by atomic mass is 10.2. The van der Waals surface area contributed by atoms with Crippen LogP contribution in [0.15, 0.2) is 84.0 Å². The Morgan fingerprint density at radius 2 is 1.73 bits per heavy atom. The van der Waals surface area contributed by atoms with Gasteiger partial charge in [0.25, 0.3) is 0 Å². The van der Waals surface area contributed by atoms with Crippen LogP contribution in [0, 0.1) is 0 Å². The smallest absolute Gasteiger partial charge is 0.230 e. The van der Waals surface area contributed by atoms with E-state index in [4.69, 9.17) is 9.47 Å². The second kappa shape index (κ2) is 11.1. The van der Waals surface area contributed by atoms with E-state index >= 15 is 0 Å². The molecule has 1 aromatic heterocycles. The maximum atomic E-state index is 12.4. The largest absolute Gasteiger partial charge is 0.493 e. The second-order valence-electron chi connectivity index (χ2n) is 7.03. The quantitative estimate of drug-likeness (QED) is 0.360. The molecule has 33 heavy (non-hydrogen) atoms. The van der Waals surface area contributed by atoms with Crippen LogP contribution >= 0.6 is 11.8 Å². The summed E-state index contributed by atoms with van der Waals surface area (Å²) in [6, 6.07) is 25.1. The van der Waals surface area contributed by atoms with Crippen molar-refractivity contribution in [1.82, 2.24) is 25.5 Å². The van der Waals surface area contributed by atoms with E-state index in [1.54, 1.807) is 11.8 Å². The lowest BCUT2D eigenvalue weighted by Gasteiger charge is -2.13. The zero-order chi connectivity index (χ0) is 22.9. The van der Waals surface area contributed by atoms with Crippen molar-refractivity contribution in [2.75, 3.05) is 12.9 Å². The van der Waals surface area contributed by atoms with Gasteiger partial charge >= 0.3 is 0 Å². The van der Waals surface area contributed by atoms with E-state index in [2.05, 4.69) is 20.8 Å². The Morgan fingerprint density at radius 3 is 2.48 bits per heavy atom. The zero-order valence-electron chi connectivity index (χ0n) is 18.0. The highest BCUT2D eigenvalue weighted by molar-refractivity contribution is 7.99. The van der Waals surface area contributed by atoms with E-state index in [9.17, 15) is 4.79 Å². The van der Waals surface area contributed by atoms with Crippen LogP contribution in [0.1, 0.15) is 11.1 Å². The van der Waals surface area contributed by atoms with E-state index in [0.29, 0.717) is 29.8 Å². The van der Waals surface area contributed by atoms with E-state index in [-0.39, 0.29) is 11.7 Å². The molecule has 0 fully saturated rings. The Hall–Kier alpha value is -3.85. The first kappa shape index (κ1) is 22.3. The van der Waals surface area contributed by atoms with Crippen LogP contribution in [-0.2, 0) is 17.9 Å². The monoisotopic (exact) mass is 461 g/mol. The van der Waals surface area contributed by atoms with Gasteiger partial charge < -0.3 is 14.8 Å². The van der Waals surface area contributed by atoms with Gasteiger partial charge in [-0.15, -0.1) is 5.10 Å². The molecule has 0 aliphatic carbocycles. The molecule has 0 unspecified atom stereocenters. The number of carbonyl (C=O) groups excluding carboxylic acids is 1. The van der Waals surface area contributed by atoms with Crippen molar-refractivity contribution in [1.29, 1.82) is 0 Å². The number of nitrogens with zero attached hydrogens (tertiary/aromatic N) is 4. The maximum absolute atomic E-state index is 12.4. The summed E-state index contributed by atoms with van der Waals surface area (Å²) in [4.78, 5) is 12.4. The topological polar surface area (TPSA) is 91.2 Å². The standard InChI is InChI=1S/C24H23N5O3S/c1-31-22-14-19(12-13-21(22)32-16-18-8-4-2-5-9-18)15-25-23(30)17-33-24-26-27-28-29(24)20-10-6-3-7-11-20/h2-14H,15-17H2,1H3,(H,25,30).